The van der Waals surface area contributed by atoms with Crippen LogP contribution in [0.25, 0.3) is 10.7 Å². The van der Waals surface area contributed by atoms with Crippen LogP contribution in [0.5, 0.6) is 0 Å². The third-order valence-corrected chi connectivity index (χ3v) is 4.00. The number of methoxy groups -OCH3 is 1. The van der Waals surface area contributed by atoms with Crippen LogP contribution in [-0.4, -0.2) is 39.2 Å². The first-order valence-corrected chi connectivity index (χ1v) is 8.05. The molecule has 0 aliphatic rings. The molecule has 25 heavy (non-hydrogen) atoms. The van der Waals surface area contributed by atoms with Gasteiger partial charge in [-0.05, 0) is 23.8 Å². The van der Waals surface area contributed by atoms with Crippen molar-refractivity contribution < 1.29 is 14.3 Å². The van der Waals surface area contributed by atoms with Gasteiger partial charge in [-0.25, -0.2) is 9.78 Å². The first kappa shape index (κ1) is 16.7. The van der Waals surface area contributed by atoms with Crippen LogP contribution in [0.3, 0.4) is 0 Å². The van der Waals surface area contributed by atoms with E-state index in [2.05, 4.69) is 30.2 Å². The number of hydrogen-bond donors (Lipinski definition) is 1. The lowest BCUT2D eigenvalue weighted by Gasteiger charge is -2.02. The van der Waals surface area contributed by atoms with Crippen molar-refractivity contribution in [3.63, 3.8) is 0 Å². The Morgan fingerprint density at radius 3 is 2.72 bits per heavy atom. The van der Waals surface area contributed by atoms with E-state index in [4.69, 9.17) is 0 Å². The number of amides is 1. The van der Waals surface area contributed by atoms with Crippen LogP contribution in [0.2, 0.25) is 0 Å². The molecule has 0 spiro atoms. The van der Waals surface area contributed by atoms with E-state index < -0.39 is 5.97 Å². The zero-order chi connectivity index (χ0) is 17.6. The van der Waals surface area contributed by atoms with Gasteiger partial charge in [0.05, 0.1) is 13.5 Å². The van der Waals surface area contributed by atoms with E-state index in [9.17, 15) is 9.59 Å². The number of ether oxygens (including phenoxy) is 1. The van der Waals surface area contributed by atoms with E-state index in [0.29, 0.717) is 21.4 Å². The molecule has 0 radical (unpaired) electrons. The molecule has 0 unspecified atom stereocenters. The van der Waals surface area contributed by atoms with Crippen LogP contribution in [0.1, 0.15) is 16.1 Å². The Hall–Kier alpha value is -3.20. The molecule has 8 nitrogen and oxygen atoms in total. The quantitative estimate of drug-likeness (QED) is 0.697. The third-order valence-electron chi connectivity index (χ3n) is 3.14. The van der Waals surface area contributed by atoms with Gasteiger partial charge in [0, 0.05) is 12.4 Å². The summed E-state index contributed by atoms with van der Waals surface area (Å²) in [6.07, 6.45) is 3.23. The van der Waals surface area contributed by atoms with Gasteiger partial charge < -0.3 is 10.1 Å². The fraction of sp³-hybridized carbons (Fsp3) is 0.125. The topological polar surface area (TPSA) is 107 Å². The minimum absolute atomic E-state index is 0.104. The van der Waals surface area contributed by atoms with Crippen LogP contribution in [0.15, 0.2) is 42.7 Å². The molecule has 1 N–H and O–H groups in total. The van der Waals surface area contributed by atoms with Gasteiger partial charge in [0.15, 0.2) is 5.01 Å². The highest BCUT2D eigenvalue weighted by Crippen LogP contribution is 2.24. The molecular weight excluding hydrogens is 342 g/mol. The number of pyridine rings is 2. The van der Waals surface area contributed by atoms with Gasteiger partial charge in [0.25, 0.3) is 0 Å². The Balaban J connectivity index is 1.61. The summed E-state index contributed by atoms with van der Waals surface area (Å²) in [5, 5.41) is 11.7. The largest absolute Gasteiger partial charge is 0.464 e. The number of esters is 1. The van der Waals surface area contributed by atoms with Crippen LogP contribution < -0.4 is 5.32 Å². The highest BCUT2D eigenvalue weighted by Gasteiger charge is 2.12. The van der Waals surface area contributed by atoms with Gasteiger partial charge in [-0.1, -0.05) is 23.5 Å². The molecule has 0 saturated heterocycles. The maximum Gasteiger partial charge on any atom is 0.356 e. The minimum atomic E-state index is -0.521. The van der Waals surface area contributed by atoms with Gasteiger partial charge in [-0.2, -0.15) is 0 Å². The number of nitrogens with zero attached hydrogens (tertiary/aromatic N) is 4. The summed E-state index contributed by atoms with van der Waals surface area (Å²) in [7, 11) is 1.28. The second-order valence-electron chi connectivity index (χ2n) is 4.90. The van der Waals surface area contributed by atoms with Gasteiger partial charge in [-0.15, -0.1) is 10.2 Å². The van der Waals surface area contributed by atoms with Crippen molar-refractivity contribution in [2.24, 2.45) is 0 Å². The van der Waals surface area contributed by atoms with Crippen LogP contribution in [0, 0.1) is 0 Å². The molecule has 3 heterocycles. The summed E-state index contributed by atoms with van der Waals surface area (Å²) in [5.74, 6) is -0.775. The van der Waals surface area contributed by atoms with E-state index in [-0.39, 0.29) is 18.0 Å². The summed E-state index contributed by atoms with van der Waals surface area (Å²) >= 11 is 1.24. The predicted octanol–water partition coefficient (Wildman–Crippen LogP) is 1.96. The average Bonchev–Trinajstić information content (AvgIpc) is 3.10. The second kappa shape index (κ2) is 7.58. The average molecular weight is 355 g/mol. The van der Waals surface area contributed by atoms with Gasteiger partial charge >= 0.3 is 5.97 Å². The first-order valence-electron chi connectivity index (χ1n) is 7.23. The molecule has 3 aromatic rings. The molecule has 9 heteroatoms. The zero-order valence-electron chi connectivity index (χ0n) is 13.2. The van der Waals surface area contributed by atoms with Crippen LogP contribution in [-0.2, 0) is 16.0 Å². The summed E-state index contributed by atoms with van der Waals surface area (Å²) < 4.78 is 4.58. The highest BCUT2D eigenvalue weighted by molar-refractivity contribution is 7.18. The second-order valence-corrected chi connectivity index (χ2v) is 5.87. The molecule has 0 aliphatic carbocycles. The highest BCUT2D eigenvalue weighted by atomic mass is 32.1. The summed E-state index contributed by atoms with van der Waals surface area (Å²) in [4.78, 5) is 31.6. The lowest BCUT2D eigenvalue weighted by Crippen LogP contribution is -2.14. The van der Waals surface area contributed by atoms with Crippen molar-refractivity contribution in [2.45, 2.75) is 6.42 Å². The number of anilines is 1. The summed E-state index contributed by atoms with van der Waals surface area (Å²) in [6, 6.07) is 8.65. The smallest absolute Gasteiger partial charge is 0.356 e. The Kier molecular flexibility index (Phi) is 5.05. The van der Waals surface area contributed by atoms with Crippen molar-refractivity contribution in [1.82, 2.24) is 20.2 Å². The molecular formula is C16H13N5O3S. The van der Waals surface area contributed by atoms with Crippen molar-refractivity contribution in [3.05, 3.63) is 54.0 Å². The van der Waals surface area contributed by atoms with E-state index in [1.165, 1.54) is 30.7 Å². The SMILES string of the molecule is COC(=O)c1ccc(CC(=O)Nc2nnc(-c3ccccn3)s2)cn1. The maximum absolute atomic E-state index is 12.1. The molecule has 126 valence electrons. The fourth-order valence-electron chi connectivity index (χ4n) is 1.97. The monoisotopic (exact) mass is 355 g/mol. The molecule has 1 amide bonds. The number of carbonyl (C=O) groups is 2. The van der Waals surface area contributed by atoms with Crippen molar-refractivity contribution in [1.29, 1.82) is 0 Å². The Bertz CT molecular complexity index is 880. The lowest BCUT2D eigenvalue weighted by atomic mass is 10.2. The number of aromatic nitrogens is 4. The van der Waals surface area contributed by atoms with Crippen molar-refractivity contribution in [3.8, 4) is 10.7 Å². The van der Waals surface area contributed by atoms with Gasteiger partial charge in [-0.3, -0.25) is 9.78 Å². The number of nitrogens with one attached hydrogen (secondary N) is 1. The predicted molar refractivity (Wildman–Crippen MR) is 91.1 cm³/mol. The summed E-state index contributed by atoms with van der Waals surface area (Å²) in [5.41, 5.74) is 1.55. The minimum Gasteiger partial charge on any atom is -0.464 e. The Morgan fingerprint density at radius 2 is 2.04 bits per heavy atom. The zero-order valence-corrected chi connectivity index (χ0v) is 14.0. The van der Waals surface area contributed by atoms with Crippen molar-refractivity contribution in [2.75, 3.05) is 12.4 Å². The number of carbonyl (C=O) groups excluding carboxylic acids is 2. The first-order chi connectivity index (χ1) is 12.2. The number of rotatable bonds is 5. The van der Waals surface area contributed by atoms with E-state index in [1.807, 2.05) is 18.2 Å². The van der Waals surface area contributed by atoms with Crippen molar-refractivity contribution >= 4 is 28.3 Å². The Morgan fingerprint density at radius 1 is 1.16 bits per heavy atom. The normalized spacial score (nSPS) is 10.3. The molecule has 0 fully saturated rings. The number of hydrogen-bond acceptors (Lipinski definition) is 8. The maximum atomic E-state index is 12.1. The Labute approximate surface area is 146 Å². The third kappa shape index (κ3) is 4.21. The molecule has 0 aromatic carbocycles. The summed E-state index contributed by atoms with van der Waals surface area (Å²) in [6.45, 7) is 0. The molecule has 3 rings (SSSR count). The molecule has 3 aromatic heterocycles. The lowest BCUT2D eigenvalue weighted by molar-refractivity contribution is -0.115. The molecule has 0 aliphatic heterocycles. The standard InChI is InChI=1S/C16H13N5O3S/c1-24-15(23)12-6-5-10(9-18-12)8-13(22)19-16-21-20-14(25-16)11-4-2-3-7-17-11/h2-7,9H,8H2,1H3,(H,19,21,22). The van der Waals surface area contributed by atoms with E-state index in [0.717, 1.165) is 0 Å². The molecule has 0 atom stereocenters. The van der Waals surface area contributed by atoms with Gasteiger partial charge in [0.1, 0.15) is 11.4 Å². The van der Waals surface area contributed by atoms with Crippen LogP contribution in [0.4, 0.5) is 5.13 Å². The molecule has 0 saturated carbocycles. The fourth-order valence-corrected chi connectivity index (χ4v) is 2.71. The van der Waals surface area contributed by atoms with Crippen LogP contribution >= 0.6 is 11.3 Å². The van der Waals surface area contributed by atoms with E-state index in [1.54, 1.807) is 12.3 Å². The van der Waals surface area contributed by atoms with Gasteiger partial charge in [0.2, 0.25) is 11.0 Å². The van der Waals surface area contributed by atoms with E-state index >= 15 is 0 Å². The molecule has 0 bridgehead atoms.